The highest BCUT2D eigenvalue weighted by atomic mass is 35.5. The van der Waals surface area contributed by atoms with Crippen LogP contribution < -0.4 is 5.32 Å². The lowest BCUT2D eigenvalue weighted by molar-refractivity contribution is 0.102. The molecule has 0 spiro atoms. The van der Waals surface area contributed by atoms with Crippen LogP contribution in [0.3, 0.4) is 0 Å². The number of carbonyl (C=O) groups is 1. The highest BCUT2D eigenvalue weighted by Gasteiger charge is 2.25. The second kappa shape index (κ2) is 8.62. The van der Waals surface area contributed by atoms with E-state index in [0.29, 0.717) is 38.5 Å². The largest absolute Gasteiger partial charge is 0.508 e. The fourth-order valence-electron chi connectivity index (χ4n) is 3.96. The summed E-state index contributed by atoms with van der Waals surface area (Å²) < 4.78 is 6.09. The van der Waals surface area contributed by atoms with E-state index in [-0.39, 0.29) is 34.1 Å². The zero-order chi connectivity index (χ0) is 24.7. The molecule has 0 saturated carbocycles. The predicted octanol–water partition coefficient (Wildman–Crippen LogP) is 6.49. The van der Waals surface area contributed by atoms with Crippen molar-refractivity contribution < 1.29 is 29.6 Å². The van der Waals surface area contributed by atoms with Gasteiger partial charge in [-0.25, -0.2) is 0 Å². The molecular formula is C27H18ClNO6. The molecular weight excluding hydrogens is 470 g/mol. The van der Waals surface area contributed by atoms with Gasteiger partial charge in [-0.1, -0.05) is 11.6 Å². The number of rotatable bonds is 4. The molecule has 5 rings (SSSR count). The Morgan fingerprint density at radius 3 is 2.00 bits per heavy atom. The number of furan rings is 1. The fourth-order valence-corrected chi connectivity index (χ4v) is 4.08. The lowest BCUT2D eigenvalue weighted by Gasteiger charge is -2.10. The van der Waals surface area contributed by atoms with Crippen LogP contribution in [0.1, 0.15) is 10.4 Å². The lowest BCUT2D eigenvalue weighted by Crippen LogP contribution is -2.12. The zero-order valence-electron chi connectivity index (χ0n) is 18.0. The van der Waals surface area contributed by atoms with Gasteiger partial charge in [-0.15, -0.1) is 0 Å². The van der Waals surface area contributed by atoms with Crippen molar-refractivity contribution in [3.05, 3.63) is 89.4 Å². The van der Waals surface area contributed by atoms with Crippen molar-refractivity contribution in [2.45, 2.75) is 0 Å². The first-order chi connectivity index (χ1) is 16.8. The number of halogens is 1. The van der Waals surface area contributed by atoms with Crippen LogP contribution in [0.2, 0.25) is 5.02 Å². The second-order valence-corrected chi connectivity index (χ2v) is 8.36. The van der Waals surface area contributed by atoms with Crippen LogP contribution in [-0.2, 0) is 0 Å². The van der Waals surface area contributed by atoms with Crippen LogP contribution in [0.15, 0.2) is 83.3 Å². The molecule has 0 saturated heterocycles. The fraction of sp³-hybridized carbons (Fsp3) is 0. The Kier molecular flexibility index (Phi) is 5.47. The maximum atomic E-state index is 13.3. The number of benzene rings is 4. The first kappa shape index (κ1) is 22.2. The molecule has 5 N–H and O–H groups in total. The average Bonchev–Trinajstić information content (AvgIpc) is 3.19. The Labute approximate surface area is 204 Å². The third kappa shape index (κ3) is 4.32. The molecule has 0 atom stereocenters. The van der Waals surface area contributed by atoms with Gasteiger partial charge in [0.25, 0.3) is 5.91 Å². The van der Waals surface area contributed by atoms with Crippen LogP contribution in [0, 0.1) is 0 Å². The molecule has 35 heavy (non-hydrogen) atoms. The maximum absolute atomic E-state index is 13.3. The van der Waals surface area contributed by atoms with Crippen molar-refractivity contribution in [3.63, 3.8) is 0 Å². The standard InChI is InChI=1S/C27H18ClNO6/c28-16-3-5-17(6-4-16)29-27(34)22-12-21(33)13-23-25(22)24(15-9-19(31)11-20(32)10-15)26(35-23)14-1-7-18(30)8-2-14/h1-13,30-33H,(H,29,34). The summed E-state index contributed by atoms with van der Waals surface area (Å²) in [5.41, 5.74) is 2.19. The van der Waals surface area contributed by atoms with Crippen LogP contribution in [0.4, 0.5) is 5.69 Å². The molecule has 1 amide bonds. The van der Waals surface area contributed by atoms with Crippen molar-refractivity contribution in [2.24, 2.45) is 0 Å². The van der Waals surface area contributed by atoms with E-state index in [1.165, 1.54) is 42.5 Å². The van der Waals surface area contributed by atoms with Crippen molar-refractivity contribution in [3.8, 4) is 45.4 Å². The van der Waals surface area contributed by atoms with Gasteiger partial charge in [-0.2, -0.15) is 0 Å². The van der Waals surface area contributed by atoms with Gasteiger partial charge in [0.1, 0.15) is 34.3 Å². The average molecular weight is 488 g/mol. The Morgan fingerprint density at radius 2 is 1.34 bits per heavy atom. The molecule has 0 aliphatic rings. The van der Waals surface area contributed by atoms with E-state index in [2.05, 4.69) is 5.32 Å². The highest BCUT2D eigenvalue weighted by Crippen LogP contribution is 2.45. The van der Waals surface area contributed by atoms with Gasteiger partial charge >= 0.3 is 0 Å². The molecule has 174 valence electrons. The van der Waals surface area contributed by atoms with E-state index in [9.17, 15) is 25.2 Å². The first-order valence-electron chi connectivity index (χ1n) is 10.5. The smallest absolute Gasteiger partial charge is 0.256 e. The van der Waals surface area contributed by atoms with E-state index in [0.717, 1.165) is 0 Å². The van der Waals surface area contributed by atoms with Crippen LogP contribution >= 0.6 is 11.6 Å². The summed E-state index contributed by atoms with van der Waals surface area (Å²) in [5.74, 6) is -0.695. The molecule has 5 aromatic rings. The van der Waals surface area contributed by atoms with E-state index in [4.69, 9.17) is 16.0 Å². The van der Waals surface area contributed by atoms with Crippen molar-refractivity contribution >= 4 is 34.2 Å². The normalized spacial score (nSPS) is 11.0. The number of anilines is 1. The van der Waals surface area contributed by atoms with Gasteiger partial charge in [0.2, 0.25) is 0 Å². The minimum absolute atomic E-state index is 0.0575. The predicted molar refractivity (Wildman–Crippen MR) is 133 cm³/mol. The molecule has 8 heteroatoms. The zero-order valence-corrected chi connectivity index (χ0v) is 18.7. The summed E-state index contributed by atoms with van der Waals surface area (Å²) in [5, 5.41) is 44.0. The minimum atomic E-state index is -0.517. The topological polar surface area (TPSA) is 123 Å². The molecule has 0 bridgehead atoms. The van der Waals surface area contributed by atoms with E-state index in [1.54, 1.807) is 36.4 Å². The van der Waals surface area contributed by atoms with E-state index in [1.807, 2.05) is 0 Å². The molecule has 0 radical (unpaired) electrons. The summed E-state index contributed by atoms with van der Waals surface area (Å²) in [6, 6.07) is 19.5. The summed E-state index contributed by atoms with van der Waals surface area (Å²) in [6.45, 7) is 0. The molecule has 0 fully saturated rings. The molecule has 0 unspecified atom stereocenters. The van der Waals surface area contributed by atoms with Gasteiger partial charge in [0, 0.05) is 39.4 Å². The quantitative estimate of drug-likeness (QED) is 0.197. The minimum Gasteiger partial charge on any atom is -0.508 e. The van der Waals surface area contributed by atoms with Crippen LogP contribution in [0.5, 0.6) is 23.0 Å². The molecule has 1 aromatic heterocycles. The number of hydrogen-bond donors (Lipinski definition) is 5. The van der Waals surface area contributed by atoms with E-state index < -0.39 is 5.91 Å². The third-order valence-corrected chi connectivity index (χ3v) is 5.70. The number of nitrogens with one attached hydrogen (secondary N) is 1. The van der Waals surface area contributed by atoms with Crippen molar-refractivity contribution in [1.29, 1.82) is 0 Å². The number of hydrogen-bond acceptors (Lipinski definition) is 6. The monoisotopic (exact) mass is 487 g/mol. The number of phenols is 4. The Hall–Kier alpha value is -4.62. The number of phenolic OH excluding ortho intramolecular Hbond substituents is 4. The van der Waals surface area contributed by atoms with Gasteiger partial charge in [-0.05, 0) is 72.3 Å². The van der Waals surface area contributed by atoms with Crippen LogP contribution in [0.25, 0.3) is 33.4 Å². The summed E-state index contributed by atoms with van der Waals surface area (Å²) in [6.07, 6.45) is 0. The van der Waals surface area contributed by atoms with Crippen LogP contribution in [-0.4, -0.2) is 26.3 Å². The van der Waals surface area contributed by atoms with E-state index >= 15 is 0 Å². The number of carbonyl (C=O) groups excluding carboxylic acids is 1. The van der Waals surface area contributed by atoms with Crippen molar-refractivity contribution in [2.75, 3.05) is 5.32 Å². The number of aromatic hydroxyl groups is 4. The Bertz CT molecular complexity index is 1550. The number of fused-ring (bicyclic) bond motifs is 1. The molecule has 0 aliphatic carbocycles. The van der Waals surface area contributed by atoms with Crippen molar-refractivity contribution in [1.82, 2.24) is 0 Å². The Morgan fingerprint density at radius 1 is 0.714 bits per heavy atom. The number of amides is 1. The maximum Gasteiger partial charge on any atom is 0.256 e. The second-order valence-electron chi connectivity index (χ2n) is 7.92. The molecule has 0 aliphatic heterocycles. The van der Waals surface area contributed by atoms with Gasteiger partial charge in [0.05, 0.1) is 5.56 Å². The first-order valence-corrected chi connectivity index (χ1v) is 10.9. The SMILES string of the molecule is O=C(Nc1ccc(Cl)cc1)c1cc(O)cc2oc(-c3ccc(O)cc3)c(-c3cc(O)cc(O)c3)c12. The van der Waals surface area contributed by atoms with Gasteiger partial charge in [-0.3, -0.25) is 4.79 Å². The highest BCUT2D eigenvalue weighted by molar-refractivity contribution is 6.30. The molecule has 4 aromatic carbocycles. The summed E-state index contributed by atoms with van der Waals surface area (Å²) in [4.78, 5) is 13.3. The molecule has 1 heterocycles. The van der Waals surface area contributed by atoms with Gasteiger partial charge in [0.15, 0.2) is 0 Å². The Balaban J connectivity index is 1.77. The lowest BCUT2D eigenvalue weighted by atomic mass is 9.95. The summed E-state index contributed by atoms with van der Waals surface area (Å²) in [7, 11) is 0. The molecule has 7 nitrogen and oxygen atoms in total. The third-order valence-electron chi connectivity index (χ3n) is 5.44. The summed E-state index contributed by atoms with van der Waals surface area (Å²) >= 11 is 5.93. The van der Waals surface area contributed by atoms with Gasteiger partial charge < -0.3 is 30.2 Å².